The van der Waals surface area contributed by atoms with Gasteiger partial charge in [-0.3, -0.25) is 4.79 Å². The number of rotatable bonds is 6. The van der Waals surface area contributed by atoms with Crippen molar-refractivity contribution in [2.45, 2.75) is 5.92 Å². The third-order valence-electron chi connectivity index (χ3n) is 3.98. The molecule has 23 heavy (non-hydrogen) atoms. The van der Waals surface area contributed by atoms with Crippen LogP contribution in [0.2, 0.25) is 0 Å². The van der Waals surface area contributed by atoms with Crippen LogP contribution in [0.5, 0.6) is 0 Å². The predicted octanol–water partition coefficient (Wildman–Crippen LogP) is 3.06. The van der Waals surface area contributed by atoms with Crippen molar-refractivity contribution < 1.29 is 9.53 Å². The van der Waals surface area contributed by atoms with E-state index in [0.717, 1.165) is 5.52 Å². The highest BCUT2D eigenvalue weighted by Gasteiger charge is 2.18. The maximum Gasteiger partial charge on any atom is 0.246 e. The van der Waals surface area contributed by atoms with Crippen LogP contribution >= 0.6 is 0 Å². The predicted molar refractivity (Wildman–Crippen MR) is 91.5 cm³/mol. The molecular formula is C19H20N2O2. The van der Waals surface area contributed by atoms with Crippen LogP contribution in [0.25, 0.3) is 10.9 Å². The number of aromatic amines is 1. The molecule has 1 amide bonds. The van der Waals surface area contributed by atoms with Gasteiger partial charge in [0.1, 0.15) is 6.61 Å². The summed E-state index contributed by atoms with van der Waals surface area (Å²) in [5, 5.41) is 4.14. The average molecular weight is 308 g/mol. The third kappa shape index (κ3) is 3.43. The summed E-state index contributed by atoms with van der Waals surface area (Å²) in [5.41, 5.74) is 3.46. The summed E-state index contributed by atoms with van der Waals surface area (Å²) in [5.74, 6) is -0.0126. The first kappa shape index (κ1) is 15.3. The monoisotopic (exact) mass is 308 g/mol. The number of amides is 1. The molecule has 3 rings (SSSR count). The highest BCUT2D eigenvalue weighted by atomic mass is 16.5. The fourth-order valence-corrected chi connectivity index (χ4v) is 2.87. The summed E-state index contributed by atoms with van der Waals surface area (Å²) in [7, 11) is 1.52. The van der Waals surface area contributed by atoms with Gasteiger partial charge < -0.3 is 15.0 Å². The van der Waals surface area contributed by atoms with Gasteiger partial charge in [0, 0.05) is 36.7 Å². The largest absolute Gasteiger partial charge is 0.375 e. The minimum atomic E-state index is -0.103. The van der Waals surface area contributed by atoms with E-state index in [-0.39, 0.29) is 18.4 Å². The topological polar surface area (TPSA) is 54.1 Å². The Morgan fingerprint density at radius 1 is 1.13 bits per heavy atom. The minimum absolute atomic E-state index is 0.0788. The van der Waals surface area contributed by atoms with Crippen molar-refractivity contribution in [2.75, 3.05) is 20.3 Å². The zero-order valence-electron chi connectivity index (χ0n) is 13.1. The van der Waals surface area contributed by atoms with Crippen LogP contribution in [0.15, 0.2) is 60.8 Å². The van der Waals surface area contributed by atoms with Crippen molar-refractivity contribution in [3.8, 4) is 0 Å². The molecule has 1 aromatic heterocycles. The maximum atomic E-state index is 11.8. The summed E-state index contributed by atoms with van der Waals surface area (Å²) in [4.78, 5) is 15.1. The number of ether oxygens (including phenoxy) is 1. The van der Waals surface area contributed by atoms with Crippen LogP contribution in [-0.2, 0) is 9.53 Å². The van der Waals surface area contributed by atoms with E-state index in [1.807, 2.05) is 36.5 Å². The average Bonchev–Trinajstić information content (AvgIpc) is 3.00. The van der Waals surface area contributed by atoms with Gasteiger partial charge in [-0.1, -0.05) is 48.5 Å². The summed E-state index contributed by atoms with van der Waals surface area (Å²) in [6, 6.07) is 18.4. The number of H-pyrrole nitrogens is 1. The Morgan fingerprint density at radius 2 is 1.87 bits per heavy atom. The quantitative estimate of drug-likeness (QED) is 0.735. The summed E-state index contributed by atoms with van der Waals surface area (Å²) >= 11 is 0. The van der Waals surface area contributed by atoms with Gasteiger partial charge in [0.05, 0.1) is 0 Å². The molecule has 2 N–H and O–H groups in total. The molecule has 3 aromatic rings. The standard InChI is InChI=1S/C19H20N2O2/c1-23-13-19(22)21-11-16(14-7-3-2-4-8-14)17-12-20-18-10-6-5-9-15(17)18/h2-10,12,16,20H,11,13H2,1H3,(H,21,22)/t16-/m1/s1. The van der Waals surface area contributed by atoms with E-state index in [9.17, 15) is 4.79 Å². The Kier molecular flexibility index (Phi) is 4.74. The minimum Gasteiger partial charge on any atom is -0.375 e. The van der Waals surface area contributed by atoms with E-state index in [1.54, 1.807) is 0 Å². The van der Waals surface area contributed by atoms with E-state index in [4.69, 9.17) is 4.74 Å². The Labute approximate surface area is 135 Å². The number of nitrogens with one attached hydrogen (secondary N) is 2. The van der Waals surface area contributed by atoms with Crippen molar-refractivity contribution in [2.24, 2.45) is 0 Å². The number of benzene rings is 2. The Morgan fingerprint density at radius 3 is 2.65 bits per heavy atom. The van der Waals surface area contributed by atoms with Crippen molar-refractivity contribution in [1.82, 2.24) is 10.3 Å². The van der Waals surface area contributed by atoms with Crippen LogP contribution in [0.4, 0.5) is 0 Å². The van der Waals surface area contributed by atoms with E-state index in [2.05, 4.69) is 34.6 Å². The molecule has 2 aromatic carbocycles. The number of carbonyl (C=O) groups excluding carboxylic acids is 1. The van der Waals surface area contributed by atoms with E-state index >= 15 is 0 Å². The summed E-state index contributed by atoms with van der Waals surface area (Å²) in [6.45, 7) is 0.615. The van der Waals surface area contributed by atoms with Crippen LogP contribution in [0.1, 0.15) is 17.0 Å². The normalized spacial score (nSPS) is 12.2. The van der Waals surface area contributed by atoms with Crippen LogP contribution in [-0.4, -0.2) is 31.2 Å². The molecule has 0 spiro atoms. The molecule has 0 saturated heterocycles. The molecule has 0 aliphatic rings. The number of para-hydroxylation sites is 1. The molecule has 0 radical (unpaired) electrons. The summed E-state index contributed by atoms with van der Waals surface area (Å²) < 4.78 is 4.88. The molecule has 1 heterocycles. The van der Waals surface area contributed by atoms with Gasteiger partial charge in [0.25, 0.3) is 0 Å². The molecule has 0 fully saturated rings. The zero-order chi connectivity index (χ0) is 16.1. The van der Waals surface area contributed by atoms with Gasteiger partial charge in [-0.05, 0) is 17.2 Å². The molecular weight excluding hydrogens is 288 g/mol. The van der Waals surface area contributed by atoms with Crippen molar-refractivity contribution in [1.29, 1.82) is 0 Å². The molecule has 0 saturated carbocycles. The highest BCUT2D eigenvalue weighted by molar-refractivity contribution is 5.84. The van der Waals surface area contributed by atoms with Crippen LogP contribution < -0.4 is 5.32 Å². The van der Waals surface area contributed by atoms with Crippen LogP contribution in [0, 0.1) is 0 Å². The van der Waals surface area contributed by atoms with E-state index in [1.165, 1.54) is 23.6 Å². The molecule has 1 atom stereocenters. The second kappa shape index (κ2) is 7.11. The van der Waals surface area contributed by atoms with Gasteiger partial charge in [-0.25, -0.2) is 0 Å². The maximum absolute atomic E-state index is 11.8. The number of fused-ring (bicyclic) bond motifs is 1. The van der Waals surface area contributed by atoms with Gasteiger partial charge in [0.2, 0.25) is 5.91 Å². The van der Waals surface area contributed by atoms with Gasteiger partial charge in [-0.2, -0.15) is 0 Å². The number of methoxy groups -OCH3 is 1. The Hall–Kier alpha value is -2.59. The lowest BCUT2D eigenvalue weighted by molar-refractivity contribution is -0.124. The first-order valence-electron chi connectivity index (χ1n) is 7.66. The third-order valence-corrected chi connectivity index (χ3v) is 3.98. The molecule has 4 heteroatoms. The van der Waals surface area contributed by atoms with Gasteiger partial charge in [0.15, 0.2) is 0 Å². The SMILES string of the molecule is COCC(=O)NC[C@H](c1ccccc1)c1c[nH]c2ccccc12. The van der Waals surface area contributed by atoms with E-state index < -0.39 is 0 Å². The Bertz CT molecular complexity index is 780. The molecule has 0 bridgehead atoms. The summed E-state index contributed by atoms with van der Waals surface area (Å²) in [6.07, 6.45) is 2.03. The number of hydrogen-bond acceptors (Lipinski definition) is 2. The first-order chi connectivity index (χ1) is 11.3. The van der Waals surface area contributed by atoms with Gasteiger partial charge >= 0.3 is 0 Å². The number of aromatic nitrogens is 1. The van der Waals surface area contributed by atoms with Crippen molar-refractivity contribution >= 4 is 16.8 Å². The van der Waals surface area contributed by atoms with Gasteiger partial charge in [-0.15, -0.1) is 0 Å². The molecule has 0 aliphatic carbocycles. The Balaban J connectivity index is 1.93. The molecule has 118 valence electrons. The lowest BCUT2D eigenvalue weighted by Gasteiger charge is -2.18. The lowest BCUT2D eigenvalue weighted by atomic mass is 9.91. The number of hydrogen-bond donors (Lipinski definition) is 2. The smallest absolute Gasteiger partial charge is 0.246 e. The lowest BCUT2D eigenvalue weighted by Crippen LogP contribution is -2.31. The van der Waals surface area contributed by atoms with Crippen molar-refractivity contribution in [3.63, 3.8) is 0 Å². The fraction of sp³-hybridized carbons (Fsp3) is 0.211. The number of carbonyl (C=O) groups is 1. The van der Waals surface area contributed by atoms with Crippen molar-refractivity contribution in [3.05, 3.63) is 71.9 Å². The molecule has 4 nitrogen and oxygen atoms in total. The zero-order valence-corrected chi connectivity index (χ0v) is 13.1. The first-order valence-corrected chi connectivity index (χ1v) is 7.66. The van der Waals surface area contributed by atoms with Crippen LogP contribution in [0.3, 0.4) is 0 Å². The molecule has 0 unspecified atom stereocenters. The highest BCUT2D eigenvalue weighted by Crippen LogP contribution is 2.30. The fourth-order valence-electron chi connectivity index (χ4n) is 2.87. The van der Waals surface area contributed by atoms with E-state index in [0.29, 0.717) is 6.54 Å². The second-order valence-corrected chi connectivity index (χ2v) is 5.49. The molecule has 0 aliphatic heterocycles. The second-order valence-electron chi connectivity index (χ2n) is 5.49.